The summed E-state index contributed by atoms with van der Waals surface area (Å²) >= 11 is 0. The topological polar surface area (TPSA) is 10.4 Å². The van der Waals surface area contributed by atoms with Gasteiger partial charge in [-0.15, -0.1) is 4.68 Å². The second-order valence-corrected chi connectivity index (χ2v) is 8.76. The molecule has 3 heterocycles. The molecule has 0 unspecified atom stereocenters. The average Bonchev–Trinajstić information content (AvgIpc) is 2.82. The first-order valence-corrected chi connectivity index (χ1v) is 11.7. The van der Waals surface area contributed by atoms with Crippen LogP contribution in [0.1, 0.15) is 57.6 Å². The third kappa shape index (κ3) is 2.83. The van der Waals surface area contributed by atoms with Crippen LogP contribution in [0.2, 0.25) is 0 Å². The maximum absolute atomic E-state index is 4.60. The molecule has 2 aromatic carbocycles. The molecule has 0 fully saturated rings. The summed E-state index contributed by atoms with van der Waals surface area (Å²) in [6.07, 6.45) is 12.3. The fourth-order valence-electron chi connectivity index (χ4n) is 5.43. The van der Waals surface area contributed by atoms with Gasteiger partial charge in [-0.2, -0.15) is 5.01 Å². The fraction of sp³-hybridized carbons (Fsp3) is 0.321. The molecule has 3 nitrogen and oxygen atoms in total. The van der Waals surface area contributed by atoms with Crippen LogP contribution in [0, 0.1) is 0 Å². The number of benzene rings is 2. The van der Waals surface area contributed by atoms with Crippen molar-refractivity contribution in [3.63, 3.8) is 0 Å². The second kappa shape index (κ2) is 7.56. The van der Waals surface area contributed by atoms with Crippen molar-refractivity contribution in [1.29, 1.82) is 0 Å². The van der Waals surface area contributed by atoms with Crippen molar-refractivity contribution >= 4 is 27.9 Å². The van der Waals surface area contributed by atoms with Crippen LogP contribution in [0.5, 0.6) is 0 Å². The zero-order valence-corrected chi connectivity index (χ0v) is 18.9. The molecule has 0 saturated heterocycles. The lowest BCUT2D eigenvalue weighted by Crippen LogP contribution is -2.62. The quantitative estimate of drug-likeness (QED) is 0.423. The minimum Gasteiger partial charge on any atom is -0.221 e. The van der Waals surface area contributed by atoms with Crippen molar-refractivity contribution in [3.05, 3.63) is 84.8 Å². The molecule has 0 bridgehead atoms. The molecule has 0 spiro atoms. The number of anilines is 2. The largest absolute Gasteiger partial charge is 0.314 e. The molecule has 0 atom stereocenters. The number of hydrogen-bond acceptors (Lipinski definition) is 2. The van der Waals surface area contributed by atoms with Gasteiger partial charge in [-0.3, -0.25) is 0 Å². The molecule has 5 rings (SSSR count). The molecular weight excluding hydrogens is 378 g/mol. The summed E-state index contributed by atoms with van der Waals surface area (Å²) in [5.74, 6) is 1.24. The Hall–Kier alpha value is -3.07. The molecule has 3 aromatic rings. The molecule has 3 heteroatoms. The van der Waals surface area contributed by atoms with Gasteiger partial charge in [-0.05, 0) is 60.4 Å². The Morgan fingerprint density at radius 3 is 2.55 bits per heavy atom. The summed E-state index contributed by atoms with van der Waals surface area (Å²) in [4.78, 5) is 2.47. The maximum atomic E-state index is 4.60. The molecular formula is C28H32N3+. The molecule has 31 heavy (non-hydrogen) atoms. The van der Waals surface area contributed by atoms with Gasteiger partial charge in [0.15, 0.2) is 0 Å². The van der Waals surface area contributed by atoms with Crippen LogP contribution in [0.25, 0.3) is 16.3 Å². The Labute approximate surface area is 185 Å². The number of nitrogens with zero attached hydrogens (tertiary/aromatic N) is 3. The zero-order valence-electron chi connectivity index (χ0n) is 18.9. The van der Waals surface area contributed by atoms with Crippen molar-refractivity contribution in [2.75, 3.05) is 9.91 Å². The monoisotopic (exact) mass is 410 g/mol. The van der Waals surface area contributed by atoms with Gasteiger partial charge in [0.05, 0.1) is 17.3 Å². The van der Waals surface area contributed by atoms with Gasteiger partial charge in [-0.1, -0.05) is 64.1 Å². The lowest BCUT2D eigenvalue weighted by molar-refractivity contribution is -0.665. The van der Waals surface area contributed by atoms with E-state index in [1.165, 1.54) is 51.8 Å². The molecule has 1 aromatic heterocycles. The van der Waals surface area contributed by atoms with Gasteiger partial charge >= 0.3 is 5.82 Å². The van der Waals surface area contributed by atoms with E-state index in [9.17, 15) is 0 Å². The zero-order chi connectivity index (χ0) is 21.6. The summed E-state index contributed by atoms with van der Waals surface area (Å²) in [5.41, 5.74) is 5.01. The highest BCUT2D eigenvalue weighted by Gasteiger charge is 2.50. The highest BCUT2D eigenvalue weighted by Crippen LogP contribution is 2.49. The number of aryl methyl sites for hydroxylation is 1. The van der Waals surface area contributed by atoms with Crippen LogP contribution in [0.4, 0.5) is 11.5 Å². The van der Waals surface area contributed by atoms with E-state index in [2.05, 4.69) is 109 Å². The van der Waals surface area contributed by atoms with E-state index in [4.69, 9.17) is 0 Å². The summed E-state index contributed by atoms with van der Waals surface area (Å²) in [6, 6.07) is 17.8. The molecule has 0 radical (unpaired) electrons. The second-order valence-electron chi connectivity index (χ2n) is 8.76. The summed E-state index contributed by atoms with van der Waals surface area (Å²) in [7, 11) is 0. The van der Waals surface area contributed by atoms with Crippen LogP contribution < -0.4 is 14.6 Å². The highest BCUT2D eigenvalue weighted by atomic mass is 15.6. The number of rotatable bonds is 6. The Balaban J connectivity index is 1.73. The van der Waals surface area contributed by atoms with Gasteiger partial charge in [-0.25, -0.2) is 4.90 Å². The number of pyridine rings is 1. The van der Waals surface area contributed by atoms with Crippen molar-refractivity contribution in [1.82, 2.24) is 0 Å². The molecule has 158 valence electrons. The first kappa shape index (κ1) is 19.9. The van der Waals surface area contributed by atoms with Gasteiger partial charge in [0, 0.05) is 5.57 Å². The van der Waals surface area contributed by atoms with Crippen LogP contribution in [-0.4, -0.2) is 5.54 Å². The van der Waals surface area contributed by atoms with Gasteiger partial charge in [0.25, 0.3) is 0 Å². The number of aromatic nitrogens is 1. The lowest BCUT2D eigenvalue weighted by atomic mass is 9.76. The van der Waals surface area contributed by atoms with Crippen LogP contribution in [0.15, 0.2) is 73.7 Å². The summed E-state index contributed by atoms with van der Waals surface area (Å²) < 4.78 is 2.32. The van der Waals surface area contributed by atoms with Gasteiger partial charge in [0.2, 0.25) is 0 Å². The van der Waals surface area contributed by atoms with Crippen LogP contribution in [0.3, 0.4) is 0 Å². The Morgan fingerprint density at radius 2 is 1.77 bits per heavy atom. The highest BCUT2D eigenvalue weighted by molar-refractivity contribution is 6.05. The van der Waals surface area contributed by atoms with Gasteiger partial charge < -0.3 is 0 Å². The van der Waals surface area contributed by atoms with E-state index < -0.39 is 0 Å². The lowest BCUT2D eigenvalue weighted by Gasteiger charge is -2.44. The standard InChI is InChI=1S/C28H32N3/c1-5-8-11-22-12-9-14-24(20-22)30-19-18-29-27-26-23(16-17-31(27)30)13-10-15-25(26)21(4)28(29,6-2)7-3/h9-10,12-20H,4-8,11H2,1-3H3/q+1. The predicted molar refractivity (Wildman–Crippen MR) is 131 cm³/mol. The predicted octanol–water partition coefficient (Wildman–Crippen LogP) is 6.62. The number of hydrogen-bond donors (Lipinski definition) is 0. The summed E-state index contributed by atoms with van der Waals surface area (Å²) in [5, 5.41) is 4.84. The molecule has 0 N–H and O–H groups in total. The Morgan fingerprint density at radius 1 is 0.968 bits per heavy atom. The Kier molecular flexibility index (Phi) is 4.85. The fourth-order valence-corrected chi connectivity index (χ4v) is 5.43. The Bertz CT molecular complexity index is 1190. The third-order valence-corrected chi connectivity index (χ3v) is 7.26. The summed E-state index contributed by atoms with van der Waals surface area (Å²) in [6.45, 7) is 11.4. The normalized spacial score (nSPS) is 16.3. The maximum Gasteiger partial charge on any atom is 0.314 e. The smallest absolute Gasteiger partial charge is 0.221 e. The SMILES string of the molecule is C=C1c2cccc3cc[n+]4c(c23)N(C=CN4c2cccc(CCCC)c2)C1(CC)CC. The van der Waals surface area contributed by atoms with Crippen LogP contribution >= 0.6 is 0 Å². The van der Waals surface area contributed by atoms with E-state index in [1.807, 2.05) is 0 Å². The first-order chi connectivity index (χ1) is 15.1. The van der Waals surface area contributed by atoms with Crippen LogP contribution in [-0.2, 0) is 6.42 Å². The first-order valence-electron chi connectivity index (χ1n) is 11.7. The molecule has 0 amide bonds. The average molecular weight is 411 g/mol. The van der Waals surface area contributed by atoms with E-state index in [1.54, 1.807) is 0 Å². The van der Waals surface area contributed by atoms with E-state index in [0.29, 0.717) is 0 Å². The van der Waals surface area contributed by atoms with Crippen molar-refractivity contribution in [2.45, 2.75) is 58.4 Å². The molecule has 0 saturated carbocycles. The third-order valence-electron chi connectivity index (χ3n) is 7.26. The molecule has 0 aliphatic carbocycles. The van der Waals surface area contributed by atoms with E-state index in [0.717, 1.165) is 19.3 Å². The van der Waals surface area contributed by atoms with Crippen molar-refractivity contribution < 1.29 is 4.68 Å². The number of unbranched alkanes of at least 4 members (excludes halogenated alkanes) is 1. The van der Waals surface area contributed by atoms with E-state index in [-0.39, 0.29) is 5.54 Å². The molecule has 2 aliphatic heterocycles. The minimum absolute atomic E-state index is 0.101. The minimum atomic E-state index is -0.101. The van der Waals surface area contributed by atoms with Crippen molar-refractivity contribution in [2.24, 2.45) is 0 Å². The van der Waals surface area contributed by atoms with Crippen molar-refractivity contribution in [3.8, 4) is 0 Å². The van der Waals surface area contributed by atoms with E-state index >= 15 is 0 Å². The molecule has 2 aliphatic rings. The van der Waals surface area contributed by atoms with Gasteiger partial charge in [0.1, 0.15) is 17.9 Å².